The molecule has 5 N–H and O–H groups in total. The number of carboxylic acid groups (broad SMARTS) is 1. The lowest BCUT2D eigenvalue weighted by molar-refractivity contribution is -0.168. The van der Waals surface area contributed by atoms with Crippen LogP contribution in [-0.2, 0) is 85.9 Å². The Morgan fingerprint density at radius 2 is 0.870 bits per heavy atom. The van der Waals surface area contributed by atoms with Gasteiger partial charge in [0.15, 0.2) is 0 Å². The van der Waals surface area contributed by atoms with Crippen LogP contribution in [0.5, 0.6) is 0 Å². The smallest absolute Gasteiger partial charge is 0.348 e. The van der Waals surface area contributed by atoms with Crippen molar-refractivity contribution < 1.29 is 96.1 Å². The fourth-order valence-electron chi connectivity index (χ4n) is 26.4. The molecule has 2 heterocycles. The van der Waals surface area contributed by atoms with Crippen LogP contribution in [0.2, 0.25) is 0 Å². The van der Waals surface area contributed by atoms with E-state index in [9.17, 15) is 52.7 Å². The van der Waals surface area contributed by atoms with Crippen molar-refractivity contribution in [2.24, 2.45) is 207 Å². The van der Waals surface area contributed by atoms with Gasteiger partial charge in [-0.1, -0.05) is 96.9 Å². The molecule has 2 saturated heterocycles. The van der Waals surface area contributed by atoms with Gasteiger partial charge >= 0.3 is 47.8 Å². The molecule has 14 bridgehead atoms. The highest BCUT2D eigenvalue weighted by atomic mass is 16.6. The Kier molecular flexibility index (Phi) is 28.5. The Morgan fingerprint density at radius 3 is 1.25 bits per heavy atom. The second-order valence-electron chi connectivity index (χ2n) is 41.0. The number of carbonyl (C=O) groups is 11. The van der Waals surface area contributed by atoms with Crippen LogP contribution >= 0.6 is 0 Å². The predicted molar refractivity (Wildman–Crippen MR) is 423 cm³/mol. The van der Waals surface area contributed by atoms with Gasteiger partial charge < -0.3 is 59.3 Å². The van der Waals surface area contributed by atoms with Crippen LogP contribution < -0.4 is 16.0 Å². The van der Waals surface area contributed by atoms with Gasteiger partial charge in [-0.25, -0.2) is 4.79 Å². The number of nitriles is 1. The lowest BCUT2D eigenvalue weighted by atomic mass is 9.62. The van der Waals surface area contributed by atoms with Gasteiger partial charge in [0.05, 0.1) is 43.3 Å². The van der Waals surface area contributed by atoms with E-state index in [1.807, 2.05) is 40.7 Å². The standard InChI is InChI=1S/C19H30O2.C16H24O4.C15H22N2O3.C14H23NO4.C14H20O4.C13H21NO3/c1-9-10(2)13-8-12(9)16-11-6-14(17(13)16)15(7-11)18(20)21-19(3,4)5;1-8-9(2)11-5-10(8)6-12(11)14(17)20-13-15(18)19-7-16(13,3)4;1-9-10(2)12-6-11(9)7-13(12)15(19)17-8-14(18)20-5-3-4-16;1-8-9(2)11-5-10(8)6-12(11)14(18)15-7-13(17)19-4-3-16;1-7-8(2)11-3-9(7)4-12(11)14(16)18-10-5-13(15)17-6-10;1-6-7(2)10-4-9(6)5-11(10)12(15)14-8(3)13(16)17/h9-17H,6-8H2,1-5H3;8-13H,5-7H2,1-4H3;9-13H,3,5-8H2,1-2H3,(H,17,19);8-12,16H,3-7H2,1-2H3,(H,15,18);7-12H,3-6H2,1-2H3;6-11H,4-5H2,1-3H3,(H,14,15)(H,16,17). The predicted octanol–water partition coefficient (Wildman–Crippen LogP) is 11.9. The van der Waals surface area contributed by atoms with E-state index in [0.29, 0.717) is 125 Å². The highest BCUT2D eigenvalue weighted by Crippen LogP contribution is 2.72. The van der Waals surface area contributed by atoms with E-state index < -0.39 is 41.4 Å². The maximum Gasteiger partial charge on any atom is 0.348 e. The molecule has 14 aliphatic carbocycles. The van der Waals surface area contributed by atoms with Gasteiger partial charge in [-0.15, -0.1) is 0 Å². The summed E-state index contributed by atoms with van der Waals surface area (Å²) in [4.78, 5) is 129. The van der Waals surface area contributed by atoms with Gasteiger partial charge in [-0.3, -0.25) is 47.9 Å². The number of carbonyl (C=O) groups excluding carboxylic acids is 10. The largest absolute Gasteiger partial charge is 0.480 e. The van der Waals surface area contributed by atoms with Gasteiger partial charge in [-0.05, 0) is 277 Å². The van der Waals surface area contributed by atoms with Crippen LogP contribution in [0.15, 0.2) is 0 Å². The number of carboxylic acids is 1. The number of hydrogen-bond donors (Lipinski definition) is 5. The third-order valence-corrected chi connectivity index (χ3v) is 33.9. The second kappa shape index (κ2) is 36.7. The SMILES string of the molecule is CC(NC(=O)C1CC2CC1C(C)C2C)C(=O)O.CC1C(C)C2CC1C1C3CC(C(=O)OC(C)(C)C)C(C3)C21.CC1C2CC(C(=O)NCC(=O)OCCC#N)C(C2)C1C.CC1C2CC(C(=O)NCC(=O)OCCO)C(C2)C1C.CC1C2CC(C(=O)OC3C(=O)OCC3(C)C)C(C2)C1C.CC1C2CC(C(=O)OC3COC(=O)C3)C(C2)C1C. The number of hydrogen-bond acceptors (Lipinski definition) is 20. The molecule has 115 heavy (non-hydrogen) atoms. The average molecular weight is 1610 g/mol. The van der Waals surface area contributed by atoms with E-state index >= 15 is 0 Å². The highest BCUT2D eigenvalue weighted by molar-refractivity contribution is 5.87. The van der Waals surface area contributed by atoms with Crippen molar-refractivity contribution in [2.75, 3.05) is 46.1 Å². The first-order valence-corrected chi connectivity index (χ1v) is 44.5. The molecule has 16 fully saturated rings. The van der Waals surface area contributed by atoms with Gasteiger partial charge in [0.1, 0.15) is 57.3 Å². The van der Waals surface area contributed by atoms with Gasteiger partial charge in [0.25, 0.3) is 0 Å². The first kappa shape index (κ1) is 89.4. The average Bonchev–Trinajstić information content (AvgIpc) is 1.53. The van der Waals surface area contributed by atoms with E-state index in [1.54, 1.807) is 0 Å². The first-order valence-electron chi connectivity index (χ1n) is 44.5. The Hall–Kier alpha value is -6.38. The minimum Gasteiger partial charge on any atom is -0.480 e. The Labute approximate surface area is 683 Å². The van der Waals surface area contributed by atoms with E-state index in [-0.39, 0.29) is 141 Å². The zero-order valence-corrected chi connectivity index (χ0v) is 72.1. The molecule has 16 aliphatic rings. The summed E-state index contributed by atoms with van der Waals surface area (Å²) in [5.74, 6) is 16.5. The van der Waals surface area contributed by atoms with Gasteiger partial charge in [0, 0.05) is 23.2 Å². The van der Waals surface area contributed by atoms with E-state index in [1.165, 1.54) is 26.2 Å². The number of amides is 3. The number of nitrogens with one attached hydrogen (secondary N) is 3. The lowest BCUT2D eigenvalue weighted by Gasteiger charge is -2.43. The van der Waals surface area contributed by atoms with Crippen molar-refractivity contribution >= 4 is 65.5 Å². The van der Waals surface area contributed by atoms with Gasteiger partial charge in [-0.2, -0.15) is 5.26 Å². The first-order chi connectivity index (χ1) is 54.1. The third-order valence-electron chi connectivity index (χ3n) is 33.9. The summed E-state index contributed by atoms with van der Waals surface area (Å²) >= 11 is 0. The van der Waals surface area contributed by atoms with E-state index in [0.717, 1.165) is 112 Å². The number of esters is 7. The number of ether oxygens (including phenoxy) is 7. The number of aliphatic carboxylic acids is 1. The monoisotopic (exact) mass is 1610 g/mol. The topological polar surface area (TPSA) is 353 Å². The molecular weight excluding hydrogens is 1470 g/mol. The molecule has 24 nitrogen and oxygen atoms in total. The number of cyclic esters (lactones) is 2. The minimum atomic E-state index is -0.970. The molecule has 16 rings (SSSR count). The van der Waals surface area contributed by atoms with Crippen molar-refractivity contribution in [3.05, 3.63) is 0 Å². The molecule has 0 aromatic heterocycles. The zero-order chi connectivity index (χ0) is 84.0. The van der Waals surface area contributed by atoms with Gasteiger partial charge in [0.2, 0.25) is 23.8 Å². The van der Waals surface area contributed by atoms with Crippen LogP contribution in [0.1, 0.15) is 221 Å². The van der Waals surface area contributed by atoms with Crippen molar-refractivity contribution in [3.63, 3.8) is 0 Å². The molecule has 0 aromatic carbocycles. The molecular formula is C91H140N4O20. The molecule has 24 heteroatoms. The highest BCUT2D eigenvalue weighted by Gasteiger charge is 2.67. The number of fused-ring (bicyclic) bond motifs is 19. The molecule has 0 radical (unpaired) electrons. The van der Waals surface area contributed by atoms with Crippen LogP contribution in [0.4, 0.5) is 0 Å². The lowest BCUT2D eigenvalue weighted by Crippen LogP contribution is -2.44. The molecule has 0 aromatic rings. The molecule has 0 spiro atoms. The second-order valence-corrected chi connectivity index (χ2v) is 41.0. The maximum absolute atomic E-state index is 12.6. The van der Waals surface area contributed by atoms with Crippen molar-refractivity contribution in [1.82, 2.24) is 16.0 Å². The number of nitrogens with zero attached hydrogens (tertiary/aromatic N) is 1. The fraction of sp³-hybridized carbons (Fsp3) is 0.868. The zero-order valence-electron chi connectivity index (χ0n) is 72.1. The Morgan fingerprint density at radius 1 is 0.487 bits per heavy atom. The number of aliphatic hydroxyl groups excluding tert-OH is 1. The maximum atomic E-state index is 12.6. The van der Waals surface area contributed by atoms with Crippen LogP contribution in [0.25, 0.3) is 0 Å². The summed E-state index contributed by atoms with van der Waals surface area (Å²) in [6.45, 7) is 39.0. The normalized spacial score (nSPS) is 43.1. The molecule has 3 amide bonds. The van der Waals surface area contributed by atoms with Crippen LogP contribution in [0, 0.1) is 218 Å². The van der Waals surface area contributed by atoms with Crippen molar-refractivity contribution in [3.8, 4) is 6.07 Å². The summed E-state index contributed by atoms with van der Waals surface area (Å²) in [7, 11) is 0. The van der Waals surface area contributed by atoms with Crippen LogP contribution in [-0.4, -0.2) is 146 Å². The van der Waals surface area contributed by atoms with Crippen molar-refractivity contribution in [2.45, 2.75) is 245 Å². The fourth-order valence-corrected chi connectivity index (χ4v) is 26.4. The van der Waals surface area contributed by atoms with Crippen molar-refractivity contribution in [1.29, 1.82) is 5.26 Å². The number of aliphatic hydroxyl groups is 1. The molecule has 37 unspecified atom stereocenters. The summed E-state index contributed by atoms with van der Waals surface area (Å²) in [6, 6.07) is 1.11. The minimum absolute atomic E-state index is 0.0165. The molecule has 14 saturated carbocycles. The molecule has 644 valence electrons. The molecule has 2 aliphatic heterocycles. The summed E-state index contributed by atoms with van der Waals surface area (Å²) in [6.07, 6.45) is 13.7. The van der Waals surface area contributed by atoms with Crippen LogP contribution in [0.3, 0.4) is 0 Å². The summed E-state index contributed by atoms with van der Waals surface area (Å²) in [5, 5.41) is 33.6. The van der Waals surface area contributed by atoms with E-state index in [2.05, 4.69) is 99.0 Å². The third kappa shape index (κ3) is 19.1. The molecule has 37 atom stereocenters. The van der Waals surface area contributed by atoms with E-state index in [4.69, 9.17) is 48.6 Å². The summed E-state index contributed by atoms with van der Waals surface area (Å²) < 4.78 is 36.0. The quantitative estimate of drug-likeness (QED) is 0.0368. The number of rotatable bonds is 18. The Bertz CT molecular complexity index is 3580. The Balaban J connectivity index is 0.000000136. The summed E-state index contributed by atoms with van der Waals surface area (Å²) in [5.41, 5.74) is -0.752.